The molecule has 3 aromatic rings. The summed E-state index contributed by atoms with van der Waals surface area (Å²) >= 11 is 3.34. The maximum absolute atomic E-state index is 12.9. The molecule has 0 spiro atoms. The number of carbonyl (C=O) groups is 1. The predicted molar refractivity (Wildman–Crippen MR) is 115 cm³/mol. The highest BCUT2D eigenvalue weighted by atomic mass is 79.9. The summed E-state index contributed by atoms with van der Waals surface area (Å²) < 4.78 is 25.9. The Kier molecular flexibility index (Phi) is 6.09. The molecule has 0 aliphatic carbocycles. The second-order valence-corrected chi connectivity index (χ2v) is 9.63. The van der Waals surface area contributed by atoms with E-state index in [1.807, 2.05) is 0 Å². The maximum Gasteiger partial charge on any atom is 0.221 e. The highest BCUT2D eigenvalue weighted by Crippen LogP contribution is 2.33. The van der Waals surface area contributed by atoms with Crippen molar-refractivity contribution in [1.82, 2.24) is 4.57 Å². The zero-order chi connectivity index (χ0) is 21.2. The topological polar surface area (TPSA) is 102 Å². The quantitative estimate of drug-likeness (QED) is 0.511. The maximum atomic E-state index is 12.9. The van der Waals surface area contributed by atoms with Crippen LogP contribution < -0.4 is 5.14 Å². The molecule has 0 bridgehead atoms. The van der Waals surface area contributed by atoms with Crippen molar-refractivity contribution in [2.75, 3.05) is 6.61 Å². The smallest absolute Gasteiger partial charge is 0.221 e. The van der Waals surface area contributed by atoms with Crippen molar-refractivity contribution in [3.05, 3.63) is 93.7 Å². The number of rotatable bonds is 7. The van der Waals surface area contributed by atoms with Crippen LogP contribution in [0.1, 0.15) is 27.3 Å². The van der Waals surface area contributed by atoms with Gasteiger partial charge in [0.15, 0.2) is 0 Å². The van der Waals surface area contributed by atoms with E-state index in [0.29, 0.717) is 22.5 Å². The SMILES string of the molecule is Cn1c(CC(CO)(c2ccccc2)S(N)(=O)=O)ccc1C(=O)c1ccc(Br)cc1. The Morgan fingerprint density at radius 3 is 2.24 bits per heavy atom. The van der Waals surface area contributed by atoms with Gasteiger partial charge in [0.2, 0.25) is 15.8 Å². The molecule has 8 heteroatoms. The third-order valence-corrected chi connectivity index (χ3v) is 7.26. The van der Waals surface area contributed by atoms with E-state index in [-0.39, 0.29) is 12.2 Å². The first-order valence-electron chi connectivity index (χ1n) is 8.83. The van der Waals surface area contributed by atoms with Crippen molar-refractivity contribution >= 4 is 31.7 Å². The number of nitrogens with two attached hydrogens (primary N) is 1. The monoisotopic (exact) mass is 476 g/mol. The van der Waals surface area contributed by atoms with E-state index in [0.717, 1.165) is 4.47 Å². The molecule has 0 fully saturated rings. The number of halogens is 1. The van der Waals surface area contributed by atoms with Gasteiger partial charge < -0.3 is 9.67 Å². The van der Waals surface area contributed by atoms with Crippen molar-refractivity contribution in [3.63, 3.8) is 0 Å². The largest absolute Gasteiger partial charge is 0.394 e. The summed E-state index contributed by atoms with van der Waals surface area (Å²) in [5, 5.41) is 15.7. The molecule has 1 aromatic heterocycles. The van der Waals surface area contributed by atoms with Crippen LogP contribution in [0.15, 0.2) is 71.2 Å². The van der Waals surface area contributed by atoms with Gasteiger partial charge in [0.25, 0.3) is 0 Å². The van der Waals surface area contributed by atoms with Crippen LogP contribution in [0.25, 0.3) is 0 Å². The molecule has 0 radical (unpaired) electrons. The normalized spacial score (nSPS) is 13.8. The Morgan fingerprint density at radius 2 is 1.69 bits per heavy atom. The summed E-state index contributed by atoms with van der Waals surface area (Å²) in [5.41, 5.74) is 1.89. The van der Waals surface area contributed by atoms with Crippen molar-refractivity contribution in [3.8, 4) is 0 Å². The van der Waals surface area contributed by atoms with E-state index in [4.69, 9.17) is 5.14 Å². The van der Waals surface area contributed by atoms with E-state index in [1.165, 1.54) is 0 Å². The van der Waals surface area contributed by atoms with Crippen LogP contribution in [-0.4, -0.2) is 30.5 Å². The third kappa shape index (κ3) is 4.06. The van der Waals surface area contributed by atoms with E-state index < -0.39 is 21.4 Å². The molecule has 152 valence electrons. The fourth-order valence-corrected chi connectivity index (χ4v) is 4.60. The molecule has 6 nitrogen and oxygen atoms in total. The summed E-state index contributed by atoms with van der Waals surface area (Å²) in [6.07, 6.45) is -0.0730. The minimum absolute atomic E-state index is 0.0730. The zero-order valence-corrected chi connectivity index (χ0v) is 18.2. The standard InChI is InChI=1S/C21H21BrN2O4S/c1-24-18(11-12-19(24)20(26)15-7-9-17(22)10-8-15)13-21(14-25,29(23,27)28)16-5-3-2-4-6-16/h2-12,25H,13-14H2,1H3,(H2,23,27,28). The number of aliphatic hydroxyl groups is 1. The first kappa shape index (κ1) is 21.4. The second kappa shape index (κ2) is 8.23. The molecule has 1 heterocycles. The number of sulfonamides is 1. The van der Waals surface area contributed by atoms with Gasteiger partial charge in [-0.1, -0.05) is 46.3 Å². The number of nitrogens with zero attached hydrogens (tertiary/aromatic N) is 1. The minimum atomic E-state index is -4.17. The Morgan fingerprint density at radius 1 is 1.07 bits per heavy atom. The number of benzene rings is 2. The molecule has 0 aliphatic heterocycles. The molecule has 0 amide bonds. The third-order valence-electron chi connectivity index (χ3n) is 5.13. The van der Waals surface area contributed by atoms with Gasteiger partial charge in [0.05, 0.1) is 12.3 Å². The molecular weight excluding hydrogens is 456 g/mol. The van der Waals surface area contributed by atoms with Gasteiger partial charge in [-0.25, -0.2) is 13.6 Å². The average molecular weight is 477 g/mol. The van der Waals surface area contributed by atoms with Crippen molar-refractivity contribution in [2.24, 2.45) is 12.2 Å². The van der Waals surface area contributed by atoms with Crippen molar-refractivity contribution < 1.29 is 18.3 Å². The van der Waals surface area contributed by atoms with Crippen molar-refractivity contribution in [1.29, 1.82) is 0 Å². The first-order chi connectivity index (χ1) is 13.7. The number of hydrogen-bond donors (Lipinski definition) is 2. The number of hydrogen-bond acceptors (Lipinski definition) is 4. The van der Waals surface area contributed by atoms with E-state index in [2.05, 4.69) is 15.9 Å². The number of aliphatic hydroxyl groups excluding tert-OH is 1. The van der Waals surface area contributed by atoms with Crippen LogP contribution in [0.3, 0.4) is 0 Å². The van der Waals surface area contributed by atoms with Crippen LogP contribution in [-0.2, 0) is 28.2 Å². The number of carbonyl (C=O) groups excluding carboxylic acids is 1. The second-order valence-electron chi connectivity index (χ2n) is 6.85. The van der Waals surface area contributed by atoms with Crippen LogP contribution >= 0.6 is 15.9 Å². The predicted octanol–water partition coefficient (Wildman–Crippen LogP) is 2.74. The average Bonchev–Trinajstić information content (AvgIpc) is 3.06. The molecular formula is C21H21BrN2O4S. The van der Waals surface area contributed by atoms with Crippen LogP contribution in [0.2, 0.25) is 0 Å². The Balaban J connectivity index is 2.03. The van der Waals surface area contributed by atoms with Gasteiger partial charge in [-0.05, 0) is 42.0 Å². The minimum Gasteiger partial charge on any atom is -0.394 e. The fraction of sp³-hybridized carbons (Fsp3) is 0.190. The zero-order valence-electron chi connectivity index (χ0n) is 15.7. The lowest BCUT2D eigenvalue weighted by Gasteiger charge is -2.30. The molecule has 0 saturated heterocycles. The lowest BCUT2D eigenvalue weighted by atomic mass is 9.94. The summed E-state index contributed by atoms with van der Waals surface area (Å²) in [7, 11) is -2.47. The summed E-state index contributed by atoms with van der Waals surface area (Å²) in [6, 6.07) is 18.7. The molecule has 3 rings (SSSR count). The Bertz CT molecular complexity index is 1130. The van der Waals surface area contributed by atoms with E-state index in [1.54, 1.807) is 78.3 Å². The lowest BCUT2D eigenvalue weighted by Crippen LogP contribution is -2.46. The van der Waals surface area contributed by atoms with E-state index in [9.17, 15) is 18.3 Å². The lowest BCUT2D eigenvalue weighted by molar-refractivity contribution is 0.103. The molecule has 0 aliphatic rings. The van der Waals surface area contributed by atoms with Crippen LogP contribution in [0.5, 0.6) is 0 Å². The summed E-state index contributed by atoms with van der Waals surface area (Å²) in [5.74, 6) is -0.184. The molecule has 2 aromatic carbocycles. The van der Waals surface area contributed by atoms with Gasteiger partial charge in [-0.2, -0.15) is 0 Å². The fourth-order valence-electron chi connectivity index (χ4n) is 3.35. The molecule has 0 saturated carbocycles. The van der Waals surface area contributed by atoms with Crippen molar-refractivity contribution in [2.45, 2.75) is 11.2 Å². The number of primary sulfonamides is 1. The van der Waals surface area contributed by atoms with Gasteiger partial charge >= 0.3 is 0 Å². The molecule has 1 unspecified atom stereocenters. The summed E-state index contributed by atoms with van der Waals surface area (Å²) in [4.78, 5) is 12.9. The van der Waals surface area contributed by atoms with Crippen LogP contribution in [0.4, 0.5) is 0 Å². The van der Waals surface area contributed by atoms with E-state index >= 15 is 0 Å². The number of ketones is 1. The van der Waals surface area contributed by atoms with Crippen LogP contribution in [0, 0.1) is 0 Å². The van der Waals surface area contributed by atoms with Gasteiger partial charge in [-0.3, -0.25) is 4.79 Å². The summed E-state index contributed by atoms with van der Waals surface area (Å²) in [6.45, 7) is -0.684. The molecule has 29 heavy (non-hydrogen) atoms. The van der Waals surface area contributed by atoms with Gasteiger partial charge in [0.1, 0.15) is 4.75 Å². The van der Waals surface area contributed by atoms with Gasteiger partial charge in [0, 0.05) is 29.2 Å². The van der Waals surface area contributed by atoms with Gasteiger partial charge in [-0.15, -0.1) is 0 Å². The molecule has 3 N–H and O–H groups in total. The number of aromatic nitrogens is 1. The highest BCUT2D eigenvalue weighted by Gasteiger charge is 2.44. The molecule has 1 atom stereocenters. The Hall–Kier alpha value is -2.26. The highest BCUT2D eigenvalue weighted by molar-refractivity contribution is 9.10. The first-order valence-corrected chi connectivity index (χ1v) is 11.2. The Labute approximate surface area is 178 Å².